The second-order valence-corrected chi connectivity index (χ2v) is 3.75. The number of hydrogen-bond donors (Lipinski definition) is 1. The summed E-state index contributed by atoms with van der Waals surface area (Å²) in [6.45, 7) is -0.192. The lowest BCUT2D eigenvalue weighted by atomic mass is 10.4. The zero-order valence-electron chi connectivity index (χ0n) is 8.61. The van der Waals surface area contributed by atoms with Gasteiger partial charge in [-0.3, -0.25) is 9.59 Å². The first kappa shape index (κ1) is 10.6. The van der Waals surface area contributed by atoms with Crippen molar-refractivity contribution in [3.05, 3.63) is 12.4 Å². The molecule has 7 nitrogen and oxygen atoms in total. The molecule has 16 heavy (non-hydrogen) atoms. The minimum absolute atomic E-state index is 0.0454. The third-order valence-electron chi connectivity index (χ3n) is 2.38. The first-order valence-corrected chi connectivity index (χ1v) is 5.02. The Balaban J connectivity index is 1.97. The Hall–Kier alpha value is -1.92. The topological polar surface area (TPSA) is 88.3 Å². The SMILES string of the molecule is O=C(O)CN(C(=O)Cn1ccnn1)C1CC1. The molecule has 0 saturated heterocycles. The van der Waals surface area contributed by atoms with Gasteiger partial charge in [0.1, 0.15) is 13.1 Å². The summed E-state index contributed by atoms with van der Waals surface area (Å²) >= 11 is 0. The Morgan fingerprint density at radius 1 is 1.50 bits per heavy atom. The maximum absolute atomic E-state index is 11.8. The van der Waals surface area contributed by atoms with Crippen LogP contribution >= 0.6 is 0 Å². The lowest BCUT2D eigenvalue weighted by Gasteiger charge is -2.19. The van der Waals surface area contributed by atoms with Crippen molar-refractivity contribution in [1.29, 1.82) is 0 Å². The molecule has 0 aromatic carbocycles. The molecule has 7 heteroatoms. The van der Waals surface area contributed by atoms with Gasteiger partial charge < -0.3 is 10.0 Å². The molecule has 2 rings (SSSR count). The largest absolute Gasteiger partial charge is 0.480 e. The Morgan fingerprint density at radius 2 is 2.25 bits per heavy atom. The van der Waals surface area contributed by atoms with Gasteiger partial charge in [0.25, 0.3) is 0 Å². The van der Waals surface area contributed by atoms with Crippen molar-refractivity contribution < 1.29 is 14.7 Å². The van der Waals surface area contributed by atoms with E-state index in [9.17, 15) is 9.59 Å². The number of carbonyl (C=O) groups excluding carboxylic acids is 1. The second-order valence-electron chi connectivity index (χ2n) is 3.75. The summed E-state index contributed by atoms with van der Waals surface area (Å²) in [5, 5.41) is 16.0. The van der Waals surface area contributed by atoms with E-state index in [0.29, 0.717) is 0 Å². The summed E-state index contributed by atoms with van der Waals surface area (Å²) in [5.41, 5.74) is 0. The number of nitrogens with zero attached hydrogens (tertiary/aromatic N) is 4. The first-order valence-electron chi connectivity index (χ1n) is 5.02. The summed E-state index contributed by atoms with van der Waals surface area (Å²) in [7, 11) is 0. The molecule has 1 aromatic heterocycles. The first-order chi connectivity index (χ1) is 7.66. The third-order valence-corrected chi connectivity index (χ3v) is 2.38. The van der Waals surface area contributed by atoms with Crippen LogP contribution in [0.4, 0.5) is 0 Å². The van der Waals surface area contributed by atoms with E-state index in [1.807, 2.05) is 0 Å². The normalized spacial score (nSPS) is 14.8. The Kier molecular flexibility index (Phi) is 2.84. The highest BCUT2D eigenvalue weighted by Gasteiger charge is 2.33. The van der Waals surface area contributed by atoms with Gasteiger partial charge in [0.2, 0.25) is 5.91 Å². The number of amides is 1. The highest BCUT2D eigenvalue weighted by Crippen LogP contribution is 2.26. The van der Waals surface area contributed by atoms with Crippen molar-refractivity contribution >= 4 is 11.9 Å². The Bertz CT molecular complexity index is 385. The van der Waals surface area contributed by atoms with Crippen molar-refractivity contribution in [3.8, 4) is 0 Å². The summed E-state index contributed by atoms with van der Waals surface area (Å²) in [4.78, 5) is 23.8. The molecule has 1 N–H and O–H groups in total. The molecule has 0 unspecified atom stereocenters. The van der Waals surface area contributed by atoms with Gasteiger partial charge in [-0.1, -0.05) is 5.21 Å². The molecule has 1 saturated carbocycles. The molecule has 0 aliphatic heterocycles. The van der Waals surface area contributed by atoms with Crippen LogP contribution in [0.1, 0.15) is 12.8 Å². The number of rotatable bonds is 5. The maximum Gasteiger partial charge on any atom is 0.323 e. The van der Waals surface area contributed by atoms with Gasteiger partial charge in [-0.05, 0) is 12.8 Å². The van der Waals surface area contributed by atoms with Crippen LogP contribution in [0.25, 0.3) is 0 Å². The summed E-state index contributed by atoms with van der Waals surface area (Å²) in [6, 6.07) is 0.0899. The minimum atomic E-state index is -0.987. The molecule has 1 heterocycles. The number of carboxylic acid groups (broad SMARTS) is 1. The Labute approximate surface area is 91.7 Å². The quantitative estimate of drug-likeness (QED) is 0.718. The van der Waals surface area contributed by atoms with Gasteiger partial charge in [0.15, 0.2) is 0 Å². The maximum atomic E-state index is 11.8. The molecule has 86 valence electrons. The Morgan fingerprint density at radius 3 is 2.75 bits per heavy atom. The van der Waals surface area contributed by atoms with Crippen LogP contribution in [0, 0.1) is 0 Å². The van der Waals surface area contributed by atoms with E-state index in [1.54, 1.807) is 6.20 Å². The van der Waals surface area contributed by atoms with E-state index < -0.39 is 5.97 Å². The van der Waals surface area contributed by atoms with E-state index in [2.05, 4.69) is 10.3 Å². The van der Waals surface area contributed by atoms with Gasteiger partial charge in [0.05, 0.1) is 6.20 Å². The third kappa shape index (κ3) is 2.56. The van der Waals surface area contributed by atoms with Gasteiger partial charge in [0, 0.05) is 12.2 Å². The molecular formula is C9H12N4O3. The predicted molar refractivity (Wildman–Crippen MR) is 52.4 cm³/mol. The monoisotopic (exact) mass is 224 g/mol. The predicted octanol–water partition coefficient (Wildman–Crippen LogP) is -0.646. The number of aliphatic carboxylic acids is 1. The van der Waals surface area contributed by atoms with Crippen LogP contribution in [-0.4, -0.2) is 49.5 Å². The fourth-order valence-electron chi connectivity index (χ4n) is 1.50. The highest BCUT2D eigenvalue weighted by molar-refractivity contribution is 5.81. The van der Waals surface area contributed by atoms with Crippen LogP contribution in [-0.2, 0) is 16.1 Å². The molecule has 1 fully saturated rings. The van der Waals surface area contributed by atoms with Crippen molar-refractivity contribution in [1.82, 2.24) is 19.9 Å². The lowest BCUT2D eigenvalue weighted by Crippen LogP contribution is -2.39. The fraction of sp³-hybridized carbons (Fsp3) is 0.556. The van der Waals surface area contributed by atoms with Crippen LogP contribution < -0.4 is 0 Å². The van der Waals surface area contributed by atoms with Gasteiger partial charge in [-0.15, -0.1) is 5.10 Å². The molecular weight excluding hydrogens is 212 g/mol. The van der Waals surface area contributed by atoms with Crippen LogP contribution in [0.5, 0.6) is 0 Å². The van der Waals surface area contributed by atoms with E-state index in [0.717, 1.165) is 12.8 Å². The lowest BCUT2D eigenvalue weighted by molar-refractivity contribution is -0.145. The molecule has 1 aliphatic rings. The summed E-state index contributed by atoms with van der Waals surface area (Å²) < 4.78 is 1.39. The van der Waals surface area contributed by atoms with Crippen molar-refractivity contribution in [2.24, 2.45) is 0 Å². The zero-order valence-corrected chi connectivity index (χ0v) is 8.61. The highest BCUT2D eigenvalue weighted by atomic mass is 16.4. The van der Waals surface area contributed by atoms with Gasteiger partial charge in [-0.2, -0.15) is 0 Å². The summed E-state index contributed by atoms with van der Waals surface area (Å²) in [5.74, 6) is -1.21. The number of carbonyl (C=O) groups is 2. The zero-order chi connectivity index (χ0) is 11.5. The molecule has 0 atom stereocenters. The van der Waals surface area contributed by atoms with Crippen LogP contribution in [0.15, 0.2) is 12.4 Å². The van der Waals surface area contributed by atoms with E-state index >= 15 is 0 Å². The fourth-order valence-corrected chi connectivity index (χ4v) is 1.50. The van der Waals surface area contributed by atoms with Crippen molar-refractivity contribution in [2.45, 2.75) is 25.4 Å². The van der Waals surface area contributed by atoms with Crippen LogP contribution in [0.3, 0.4) is 0 Å². The van der Waals surface area contributed by atoms with Crippen LogP contribution in [0.2, 0.25) is 0 Å². The number of carboxylic acids is 1. The average molecular weight is 224 g/mol. The summed E-state index contributed by atoms with van der Waals surface area (Å²) in [6.07, 6.45) is 4.82. The molecule has 1 amide bonds. The number of aromatic nitrogens is 3. The van der Waals surface area contributed by atoms with Crippen molar-refractivity contribution in [2.75, 3.05) is 6.54 Å². The standard InChI is InChI=1S/C9H12N4O3/c14-8(5-12-4-3-10-11-12)13(6-9(15)16)7-1-2-7/h3-4,7H,1-2,5-6H2,(H,15,16). The van der Waals surface area contributed by atoms with Crippen molar-refractivity contribution in [3.63, 3.8) is 0 Å². The second kappa shape index (κ2) is 4.30. The van der Waals surface area contributed by atoms with E-state index in [4.69, 9.17) is 5.11 Å². The van der Waals surface area contributed by atoms with Gasteiger partial charge >= 0.3 is 5.97 Å². The average Bonchev–Trinajstić information content (AvgIpc) is 2.94. The van der Waals surface area contributed by atoms with Gasteiger partial charge in [-0.25, -0.2) is 4.68 Å². The molecule has 0 bridgehead atoms. The molecule has 0 radical (unpaired) electrons. The molecule has 1 aromatic rings. The van der Waals surface area contributed by atoms with E-state index in [1.165, 1.54) is 15.8 Å². The molecule has 1 aliphatic carbocycles. The minimum Gasteiger partial charge on any atom is -0.480 e. The molecule has 0 spiro atoms. The number of hydrogen-bond acceptors (Lipinski definition) is 4. The smallest absolute Gasteiger partial charge is 0.323 e. The van der Waals surface area contributed by atoms with E-state index in [-0.39, 0.29) is 25.0 Å².